The van der Waals surface area contributed by atoms with Crippen LogP contribution in [-0.4, -0.2) is 46.2 Å². The molecule has 0 spiro atoms. The fourth-order valence-electron chi connectivity index (χ4n) is 4.90. The van der Waals surface area contributed by atoms with Gasteiger partial charge in [0.25, 0.3) is 5.91 Å². The first-order valence-electron chi connectivity index (χ1n) is 12.1. The molecule has 1 fully saturated rings. The number of aromatic nitrogens is 1. The van der Waals surface area contributed by atoms with E-state index in [0.717, 1.165) is 23.9 Å². The first-order chi connectivity index (χ1) is 16.0. The second-order valence-electron chi connectivity index (χ2n) is 9.09. The molecule has 176 valence electrons. The molecule has 1 atom stereocenters. The molecule has 1 aliphatic rings. The quantitative estimate of drug-likeness (QED) is 0.259. The van der Waals surface area contributed by atoms with Crippen LogP contribution in [0.1, 0.15) is 61.4 Å². The molecule has 4 rings (SSSR count). The van der Waals surface area contributed by atoms with Crippen molar-refractivity contribution in [2.45, 2.75) is 58.0 Å². The lowest BCUT2D eigenvalue weighted by atomic mass is 9.98. The van der Waals surface area contributed by atoms with Crippen LogP contribution in [-0.2, 0) is 6.54 Å². The van der Waals surface area contributed by atoms with Crippen LogP contribution >= 0.6 is 22.6 Å². The lowest BCUT2D eigenvalue weighted by molar-refractivity contribution is 0.0947. The van der Waals surface area contributed by atoms with E-state index in [4.69, 9.17) is 0 Å². The predicted molar refractivity (Wildman–Crippen MR) is 143 cm³/mol. The van der Waals surface area contributed by atoms with E-state index in [9.17, 15) is 9.90 Å². The second-order valence-corrected chi connectivity index (χ2v) is 10.3. The summed E-state index contributed by atoms with van der Waals surface area (Å²) in [5.74, 6) is 0.121. The number of nitrogens with one attached hydrogen (secondary N) is 1. The topological polar surface area (TPSA) is 57.5 Å². The van der Waals surface area contributed by atoms with E-state index >= 15 is 0 Å². The minimum absolute atomic E-state index is 0.0783. The third kappa shape index (κ3) is 6.09. The molecule has 2 N–H and O–H groups in total. The summed E-state index contributed by atoms with van der Waals surface area (Å²) in [4.78, 5) is 15.3. The van der Waals surface area contributed by atoms with Gasteiger partial charge in [-0.2, -0.15) is 0 Å². The van der Waals surface area contributed by atoms with Gasteiger partial charge >= 0.3 is 0 Å². The summed E-state index contributed by atoms with van der Waals surface area (Å²) in [5, 5.41) is 15.5. The number of halogens is 1. The molecule has 2 aromatic carbocycles. The van der Waals surface area contributed by atoms with E-state index in [-0.39, 0.29) is 11.8 Å². The maximum atomic E-state index is 12.7. The molecule has 1 unspecified atom stereocenters. The van der Waals surface area contributed by atoms with Gasteiger partial charge in [-0.3, -0.25) is 4.79 Å². The number of fused-ring (bicyclic) bond motifs is 1. The van der Waals surface area contributed by atoms with Gasteiger partial charge in [-0.15, -0.1) is 0 Å². The highest BCUT2D eigenvalue weighted by molar-refractivity contribution is 14.1. The summed E-state index contributed by atoms with van der Waals surface area (Å²) < 4.78 is 3.02. The van der Waals surface area contributed by atoms with Crippen molar-refractivity contribution < 1.29 is 9.90 Å². The zero-order valence-electron chi connectivity index (χ0n) is 19.4. The average Bonchev–Trinajstić information content (AvgIpc) is 3.13. The molecular weight excluding hydrogens is 525 g/mol. The summed E-state index contributed by atoms with van der Waals surface area (Å²) >= 11 is 2.29. The lowest BCUT2D eigenvalue weighted by Crippen LogP contribution is -2.41. The molecule has 1 aliphatic heterocycles. The van der Waals surface area contributed by atoms with E-state index in [1.54, 1.807) is 6.07 Å². The van der Waals surface area contributed by atoms with Gasteiger partial charge in [0.05, 0.1) is 6.54 Å². The van der Waals surface area contributed by atoms with Gasteiger partial charge in [0, 0.05) is 45.2 Å². The monoisotopic (exact) mass is 559 g/mol. The lowest BCUT2D eigenvalue weighted by Gasteiger charge is -2.35. The van der Waals surface area contributed by atoms with Crippen molar-refractivity contribution in [1.82, 2.24) is 14.8 Å². The summed E-state index contributed by atoms with van der Waals surface area (Å²) in [7, 11) is 0. The van der Waals surface area contributed by atoms with Gasteiger partial charge in [0.2, 0.25) is 0 Å². The number of aromatic hydroxyl groups is 1. The Kier molecular flexibility index (Phi) is 8.30. The van der Waals surface area contributed by atoms with Crippen molar-refractivity contribution >= 4 is 39.3 Å². The third-order valence-electron chi connectivity index (χ3n) is 6.67. The Hall–Kier alpha value is -2.06. The van der Waals surface area contributed by atoms with Crippen LogP contribution in [0.5, 0.6) is 5.88 Å². The Bertz CT molecular complexity index is 1070. The molecule has 2 heterocycles. The van der Waals surface area contributed by atoms with Crippen molar-refractivity contribution in [2.24, 2.45) is 0 Å². The first kappa shape index (κ1) is 24.1. The molecule has 5 nitrogen and oxygen atoms in total. The number of benzene rings is 2. The van der Waals surface area contributed by atoms with E-state index in [1.165, 1.54) is 42.2 Å². The Morgan fingerprint density at radius 3 is 2.79 bits per heavy atom. The normalized spacial score (nSPS) is 16.8. The van der Waals surface area contributed by atoms with Gasteiger partial charge < -0.3 is 19.9 Å². The minimum Gasteiger partial charge on any atom is -0.494 e. The predicted octanol–water partition coefficient (Wildman–Crippen LogP) is 5.77. The molecule has 1 aromatic heterocycles. The summed E-state index contributed by atoms with van der Waals surface area (Å²) in [6.45, 7) is 5.76. The first-order valence-corrected chi connectivity index (χ1v) is 13.2. The number of piperidine rings is 1. The van der Waals surface area contributed by atoms with Crippen molar-refractivity contribution in [3.63, 3.8) is 0 Å². The van der Waals surface area contributed by atoms with Crippen LogP contribution < -0.4 is 5.32 Å². The fourth-order valence-corrected chi connectivity index (χ4v) is 5.25. The van der Waals surface area contributed by atoms with E-state index < -0.39 is 0 Å². The standard InChI is InChI=1S/C27H34IN3O2/c1-2-6-24-7-3-4-15-30(24)16-5-14-29-26(32)21-10-11-22-19-31(27(33)25(22)17-21)18-20-8-12-23(28)13-9-20/h8-13,17,19,24,33H,2-7,14-16,18H2,1H3,(H,29,32). The zero-order chi connectivity index (χ0) is 23.2. The summed E-state index contributed by atoms with van der Waals surface area (Å²) in [6, 6.07) is 14.5. The van der Waals surface area contributed by atoms with Crippen LogP contribution in [0.4, 0.5) is 0 Å². The minimum atomic E-state index is -0.0783. The number of likely N-dealkylation sites (tertiary alicyclic amines) is 1. The SMILES string of the molecule is CCCC1CCCCN1CCCNC(=O)c1ccc2cn(Cc3ccc(I)cc3)c(O)c2c1. The van der Waals surface area contributed by atoms with E-state index in [1.807, 2.05) is 22.9 Å². The highest BCUT2D eigenvalue weighted by Crippen LogP contribution is 2.29. The van der Waals surface area contributed by atoms with E-state index in [2.05, 4.69) is 64.0 Å². The van der Waals surface area contributed by atoms with Crippen LogP contribution in [0.3, 0.4) is 0 Å². The highest BCUT2D eigenvalue weighted by Gasteiger charge is 2.21. The van der Waals surface area contributed by atoms with Crippen LogP contribution in [0.15, 0.2) is 48.7 Å². The molecule has 3 aromatic rings. The van der Waals surface area contributed by atoms with Crippen LogP contribution in [0.25, 0.3) is 10.8 Å². The number of nitrogens with zero attached hydrogens (tertiary/aromatic N) is 2. The molecule has 6 heteroatoms. The Labute approximate surface area is 210 Å². The van der Waals surface area contributed by atoms with Crippen LogP contribution in [0.2, 0.25) is 0 Å². The maximum Gasteiger partial charge on any atom is 0.251 e. The second kappa shape index (κ2) is 11.4. The van der Waals surface area contributed by atoms with Gasteiger partial charge in [0.15, 0.2) is 5.88 Å². The molecule has 33 heavy (non-hydrogen) atoms. The Balaban J connectivity index is 1.34. The molecule has 0 saturated carbocycles. The molecule has 0 radical (unpaired) electrons. The smallest absolute Gasteiger partial charge is 0.251 e. The van der Waals surface area contributed by atoms with Gasteiger partial charge in [0.1, 0.15) is 0 Å². The Morgan fingerprint density at radius 2 is 2.00 bits per heavy atom. The summed E-state index contributed by atoms with van der Waals surface area (Å²) in [5.41, 5.74) is 1.71. The van der Waals surface area contributed by atoms with Crippen LogP contribution in [0, 0.1) is 3.57 Å². The fraction of sp³-hybridized carbons (Fsp3) is 0.444. The molecule has 0 aliphatic carbocycles. The van der Waals surface area contributed by atoms with E-state index in [0.29, 0.717) is 30.1 Å². The van der Waals surface area contributed by atoms with Crippen molar-refractivity contribution in [1.29, 1.82) is 0 Å². The Morgan fingerprint density at radius 1 is 1.18 bits per heavy atom. The van der Waals surface area contributed by atoms with Crippen molar-refractivity contribution in [2.75, 3.05) is 19.6 Å². The van der Waals surface area contributed by atoms with Gasteiger partial charge in [-0.05, 0) is 84.6 Å². The number of carbonyl (C=O) groups is 1. The number of hydrogen-bond donors (Lipinski definition) is 2. The highest BCUT2D eigenvalue weighted by atomic mass is 127. The number of hydrogen-bond acceptors (Lipinski definition) is 3. The van der Waals surface area contributed by atoms with Gasteiger partial charge in [-0.25, -0.2) is 0 Å². The molecular formula is C27H34IN3O2. The maximum absolute atomic E-state index is 12.7. The summed E-state index contributed by atoms with van der Waals surface area (Å²) in [6.07, 6.45) is 9.37. The molecule has 1 amide bonds. The zero-order valence-corrected chi connectivity index (χ0v) is 21.6. The number of rotatable bonds is 9. The third-order valence-corrected chi connectivity index (χ3v) is 7.39. The average molecular weight is 559 g/mol. The number of carbonyl (C=O) groups excluding carboxylic acids is 1. The number of amides is 1. The molecule has 1 saturated heterocycles. The van der Waals surface area contributed by atoms with Crippen molar-refractivity contribution in [3.8, 4) is 5.88 Å². The van der Waals surface area contributed by atoms with Gasteiger partial charge in [-0.1, -0.05) is 38.0 Å². The largest absolute Gasteiger partial charge is 0.494 e. The molecule has 0 bridgehead atoms. The van der Waals surface area contributed by atoms with Crippen molar-refractivity contribution in [3.05, 3.63) is 63.4 Å².